The Balaban J connectivity index is 2.54. The number of anilines is 1. The van der Waals surface area contributed by atoms with Gasteiger partial charge in [0.2, 0.25) is 0 Å². The van der Waals surface area contributed by atoms with Crippen molar-refractivity contribution < 1.29 is 19.1 Å². The number of amides is 3. The summed E-state index contributed by atoms with van der Waals surface area (Å²) in [6.45, 7) is 14.7. The topological polar surface area (TPSA) is 87.7 Å². The number of hydrogen-bond acceptors (Lipinski definition) is 4. The lowest BCUT2D eigenvalue weighted by Crippen LogP contribution is -2.51. The molecule has 0 aliphatic carbocycles. The Morgan fingerprint density at radius 2 is 1.71 bits per heavy atom. The van der Waals surface area contributed by atoms with E-state index >= 15 is 0 Å². The first-order valence-corrected chi connectivity index (χ1v) is 12.9. The van der Waals surface area contributed by atoms with Crippen molar-refractivity contribution in [1.29, 1.82) is 0 Å². The van der Waals surface area contributed by atoms with Crippen LogP contribution in [0.1, 0.15) is 69.3 Å². The van der Waals surface area contributed by atoms with Crippen LogP contribution in [0, 0.1) is 39.2 Å². The van der Waals surface area contributed by atoms with E-state index in [4.69, 9.17) is 22.8 Å². The Labute approximate surface area is 231 Å². The number of halogens is 1. The summed E-state index contributed by atoms with van der Waals surface area (Å²) in [5.41, 5.74) is 2.93. The Kier molecular flexibility index (Phi) is 10.4. The zero-order valence-corrected chi connectivity index (χ0v) is 24.2. The summed E-state index contributed by atoms with van der Waals surface area (Å²) in [5.74, 6) is -1.09. The van der Waals surface area contributed by atoms with Crippen molar-refractivity contribution in [3.05, 3.63) is 63.7 Å². The quantitative estimate of drug-likeness (QED) is 0.304. The Hall–Kier alpha value is -3.50. The maximum atomic E-state index is 13.9. The summed E-state index contributed by atoms with van der Waals surface area (Å²) in [5, 5.41) is 5.87. The fourth-order valence-corrected chi connectivity index (χ4v) is 4.18. The Bertz CT molecular complexity index is 1210. The summed E-state index contributed by atoms with van der Waals surface area (Å²) in [7, 11) is 0. The third-order valence-corrected chi connectivity index (χ3v) is 6.21. The molecular weight excluding hydrogens is 502 g/mol. The van der Waals surface area contributed by atoms with Gasteiger partial charge in [-0.3, -0.25) is 14.5 Å². The highest BCUT2D eigenvalue weighted by Gasteiger charge is 2.36. The molecule has 0 radical (unpaired) electrons. The van der Waals surface area contributed by atoms with E-state index < -0.39 is 35.6 Å². The van der Waals surface area contributed by atoms with Crippen LogP contribution in [0.25, 0.3) is 0 Å². The maximum Gasteiger partial charge on any atom is 0.408 e. The molecule has 2 N–H and O–H groups in total. The van der Waals surface area contributed by atoms with E-state index in [0.29, 0.717) is 22.7 Å². The molecule has 0 heterocycles. The number of carbonyl (C=O) groups excluding carboxylic acids is 3. The van der Waals surface area contributed by atoms with Gasteiger partial charge in [0.15, 0.2) is 0 Å². The Morgan fingerprint density at radius 3 is 2.24 bits per heavy atom. The van der Waals surface area contributed by atoms with Crippen molar-refractivity contribution in [2.75, 3.05) is 5.32 Å². The molecule has 2 unspecified atom stereocenters. The van der Waals surface area contributed by atoms with Crippen molar-refractivity contribution in [2.45, 2.75) is 79.5 Å². The number of nitrogens with one attached hydrogen (secondary N) is 2. The fraction of sp³-hybridized carbons (Fsp3) is 0.433. The first-order valence-electron chi connectivity index (χ1n) is 12.6. The zero-order chi connectivity index (χ0) is 28.8. The molecule has 3 amide bonds. The van der Waals surface area contributed by atoms with Crippen LogP contribution in [-0.2, 0) is 14.3 Å². The van der Waals surface area contributed by atoms with Crippen molar-refractivity contribution in [1.82, 2.24) is 10.2 Å². The third kappa shape index (κ3) is 8.26. The molecule has 2 atom stereocenters. The molecule has 0 fully saturated rings. The van der Waals surface area contributed by atoms with Gasteiger partial charge in [0.25, 0.3) is 11.8 Å². The van der Waals surface area contributed by atoms with Crippen molar-refractivity contribution in [3.63, 3.8) is 0 Å². The molecule has 0 aromatic heterocycles. The second-order valence-electron chi connectivity index (χ2n) is 10.8. The van der Waals surface area contributed by atoms with Crippen LogP contribution in [-0.4, -0.2) is 34.5 Å². The van der Waals surface area contributed by atoms with Crippen molar-refractivity contribution >= 4 is 35.2 Å². The molecule has 7 nitrogen and oxygen atoms in total. The molecule has 0 bridgehead atoms. The highest BCUT2D eigenvalue weighted by molar-refractivity contribution is 6.34. The van der Waals surface area contributed by atoms with E-state index in [-0.39, 0.29) is 5.92 Å². The summed E-state index contributed by atoms with van der Waals surface area (Å²) >= 11 is 6.37. The second kappa shape index (κ2) is 12.8. The van der Waals surface area contributed by atoms with E-state index in [1.165, 1.54) is 0 Å². The second-order valence-corrected chi connectivity index (χ2v) is 11.2. The molecule has 0 saturated carbocycles. The van der Waals surface area contributed by atoms with Gasteiger partial charge in [-0.15, -0.1) is 0 Å². The summed E-state index contributed by atoms with van der Waals surface area (Å²) in [6.07, 6.45) is 5.43. The highest BCUT2D eigenvalue weighted by Crippen LogP contribution is 2.30. The van der Waals surface area contributed by atoms with Gasteiger partial charge < -0.3 is 15.4 Å². The number of para-hydroxylation sites is 1. The van der Waals surface area contributed by atoms with E-state index in [1.807, 2.05) is 52.8 Å². The van der Waals surface area contributed by atoms with E-state index in [0.717, 1.165) is 21.6 Å². The number of hydrogen-bond donors (Lipinski definition) is 2. The lowest BCUT2D eigenvalue weighted by molar-refractivity contribution is -0.137. The van der Waals surface area contributed by atoms with E-state index in [9.17, 15) is 14.4 Å². The minimum absolute atomic E-state index is 0.0400. The number of aryl methyl sites for hydroxylation is 3. The largest absolute Gasteiger partial charge is 0.444 e. The smallest absolute Gasteiger partial charge is 0.408 e. The number of rotatable bonds is 8. The van der Waals surface area contributed by atoms with Crippen LogP contribution in [0.15, 0.2) is 36.4 Å². The summed E-state index contributed by atoms with van der Waals surface area (Å²) < 4.78 is 5.37. The van der Waals surface area contributed by atoms with Crippen LogP contribution in [0.2, 0.25) is 5.02 Å². The van der Waals surface area contributed by atoms with Gasteiger partial charge in [0, 0.05) is 6.04 Å². The normalized spacial score (nSPS) is 12.8. The Morgan fingerprint density at radius 1 is 1.05 bits per heavy atom. The molecule has 0 saturated heterocycles. The number of nitrogens with zero attached hydrogens (tertiary/aromatic N) is 1. The zero-order valence-electron chi connectivity index (χ0n) is 23.4. The average Bonchev–Trinajstić information content (AvgIpc) is 2.79. The maximum absolute atomic E-state index is 13.9. The monoisotopic (exact) mass is 539 g/mol. The standard InChI is InChI=1S/C30H38ClN3O4/c1-10-34(28(36)24(16-18(2)3)32-29(37)38-30(7,8)9)26(22-15-14-19(4)21(6)17-22)27(35)33-25-20(5)12-11-13-23(25)31/h1,11-15,17-18,24,26H,16H2,2-9H3,(H,32,37)(H,33,35). The number of terminal acetylenes is 1. The van der Waals surface area contributed by atoms with Gasteiger partial charge in [-0.05, 0) is 82.2 Å². The molecule has 0 spiro atoms. The molecule has 204 valence electrons. The minimum atomic E-state index is -1.18. The molecule has 2 aromatic carbocycles. The highest BCUT2D eigenvalue weighted by atomic mass is 35.5. The van der Waals surface area contributed by atoms with Crippen LogP contribution in [0.4, 0.5) is 10.5 Å². The van der Waals surface area contributed by atoms with Gasteiger partial charge in [-0.1, -0.05) is 62.2 Å². The van der Waals surface area contributed by atoms with Crippen LogP contribution in [0.5, 0.6) is 0 Å². The summed E-state index contributed by atoms with van der Waals surface area (Å²) in [4.78, 5) is 41.3. The number of carbonyl (C=O) groups is 3. The van der Waals surface area contributed by atoms with Gasteiger partial charge in [-0.25, -0.2) is 4.79 Å². The van der Waals surface area contributed by atoms with Crippen molar-refractivity contribution in [2.24, 2.45) is 5.92 Å². The van der Waals surface area contributed by atoms with Crippen molar-refractivity contribution in [3.8, 4) is 12.5 Å². The molecule has 2 aromatic rings. The lowest BCUT2D eigenvalue weighted by Gasteiger charge is -2.31. The summed E-state index contributed by atoms with van der Waals surface area (Å²) in [6, 6.07) is 10.9. The predicted molar refractivity (Wildman–Crippen MR) is 152 cm³/mol. The van der Waals surface area contributed by atoms with Gasteiger partial charge >= 0.3 is 6.09 Å². The molecule has 0 aliphatic rings. The number of benzene rings is 2. The number of alkyl carbamates (subject to hydrolysis) is 1. The van der Waals surface area contributed by atoms with E-state index in [1.54, 1.807) is 39.0 Å². The van der Waals surface area contributed by atoms with Gasteiger partial charge in [0.05, 0.1) is 10.7 Å². The van der Waals surface area contributed by atoms with Gasteiger partial charge in [-0.2, -0.15) is 0 Å². The van der Waals surface area contributed by atoms with E-state index in [2.05, 4.69) is 16.7 Å². The van der Waals surface area contributed by atoms with Crippen LogP contribution < -0.4 is 10.6 Å². The van der Waals surface area contributed by atoms with Gasteiger partial charge in [0.1, 0.15) is 17.7 Å². The van der Waals surface area contributed by atoms with Crippen LogP contribution >= 0.6 is 11.6 Å². The lowest BCUT2D eigenvalue weighted by atomic mass is 9.97. The fourth-order valence-electron chi connectivity index (χ4n) is 3.91. The first-order chi connectivity index (χ1) is 17.6. The molecule has 8 heteroatoms. The number of ether oxygens (including phenoxy) is 1. The third-order valence-electron chi connectivity index (χ3n) is 5.90. The molecule has 38 heavy (non-hydrogen) atoms. The first kappa shape index (κ1) is 30.7. The molecular formula is C30H38ClN3O4. The molecule has 2 rings (SSSR count). The van der Waals surface area contributed by atoms with Crippen LogP contribution in [0.3, 0.4) is 0 Å². The minimum Gasteiger partial charge on any atom is -0.444 e. The SMILES string of the molecule is C#CN(C(=O)C(CC(C)C)NC(=O)OC(C)(C)C)C(C(=O)Nc1c(C)cccc1Cl)c1ccc(C)c(C)c1. The molecule has 0 aliphatic heterocycles. The predicted octanol–water partition coefficient (Wildman–Crippen LogP) is 6.30. The average molecular weight is 540 g/mol.